The minimum absolute atomic E-state index is 0.176. The maximum atomic E-state index is 5.61. The van der Waals surface area contributed by atoms with Gasteiger partial charge in [0.15, 0.2) is 0 Å². The Kier molecular flexibility index (Phi) is 3.78. The standard InChI is InChI=1S/C11H12ClN5O/c1-18-10-3-8(16-11(13)5-12)2-9(4-10)17-7-14-6-15-17/h2-4,6-7H,5H2,1H3,(H2,13,16). The van der Waals surface area contributed by atoms with Crippen LogP contribution >= 0.6 is 11.6 Å². The molecule has 0 aliphatic rings. The molecule has 2 aromatic rings. The first-order valence-electron chi connectivity index (χ1n) is 5.16. The van der Waals surface area contributed by atoms with Crippen LogP contribution in [0.5, 0.6) is 5.75 Å². The van der Waals surface area contributed by atoms with Gasteiger partial charge >= 0.3 is 0 Å². The maximum absolute atomic E-state index is 5.61. The fourth-order valence-corrected chi connectivity index (χ4v) is 1.48. The van der Waals surface area contributed by atoms with Crippen LogP contribution in [0.3, 0.4) is 0 Å². The number of halogens is 1. The van der Waals surface area contributed by atoms with E-state index in [1.54, 1.807) is 24.2 Å². The van der Waals surface area contributed by atoms with Gasteiger partial charge in [-0.15, -0.1) is 11.6 Å². The smallest absolute Gasteiger partial charge is 0.138 e. The van der Waals surface area contributed by atoms with Gasteiger partial charge in [-0.3, -0.25) is 0 Å². The zero-order valence-electron chi connectivity index (χ0n) is 9.75. The molecule has 1 heterocycles. The van der Waals surface area contributed by atoms with Crippen LogP contribution < -0.4 is 10.5 Å². The number of rotatable bonds is 4. The van der Waals surface area contributed by atoms with Crippen molar-refractivity contribution in [2.75, 3.05) is 13.0 Å². The van der Waals surface area contributed by atoms with E-state index in [1.807, 2.05) is 12.1 Å². The lowest BCUT2D eigenvalue weighted by Gasteiger charge is -2.06. The first-order chi connectivity index (χ1) is 8.72. The molecule has 6 nitrogen and oxygen atoms in total. The Bertz CT molecular complexity index is 553. The number of nitrogens with zero attached hydrogens (tertiary/aromatic N) is 4. The third-order valence-corrected chi connectivity index (χ3v) is 2.48. The number of methoxy groups -OCH3 is 1. The van der Waals surface area contributed by atoms with Crippen molar-refractivity contribution in [3.63, 3.8) is 0 Å². The van der Waals surface area contributed by atoms with Crippen LogP contribution in [0.15, 0.2) is 35.8 Å². The molecule has 0 aliphatic heterocycles. The van der Waals surface area contributed by atoms with Gasteiger partial charge in [0, 0.05) is 12.1 Å². The van der Waals surface area contributed by atoms with Crippen LogP contribution in [0.25, 0.3) is 5.69 Å². The second-order valence-electron chi connectivity index (χ2n) is 3.47. The molecule has 18 heavy (non-hydrogen) atoms. The van der Waals surface area contributed by atoms with Gasteiger partial charge in [0.05, 0.1) is 24.4 Å². The lowest BCUT2D eigenvalue weighted by Crippen LogP contribution is -2.12. The summed E-state index contributed by atoms with van der Waals surface area (Å²) in [5, 5.41) is 4.05. The highest BCUT2D eigenvalue weighted by molar-refractivity contribution is 6.28. The molecule has 2 rings (SSSR count). The van der Waals surface area contributed by atoms with Crippen molar-refractivity contribution >= 4 is 23.1 Å². The fourth-order valence-electron chi connectivity index (χ4n) is 1.42. The fraction of sp³-hybridized carbons (Fsp3) is 0.182. The molecule has 0 aliphatic carbocycles. The van der Waals surface area contributed by atoms with Gasteiger partial charge in [0.2, 0.25) is 0 Å². The highest BCUT2D eigenvalue weighted by atomic mass is 35.5. The van der Waals surface area contributed by atoms with E-state index in [4.69, 9.17) is 22.1 Å². The molecular weight excluding hydrogens is 254 g/mol. The Labute approximate surface area is 109 Å². The molecule has 0 bridgehead atoms. The summed E-state index contributed by atoms with van der Waals surface area (Å²) in [7, 11) is 1.58. The highest BCUT2D eigenvalue weighted by Gasteiger charge is 2.04. The molecule has 0 atom stereocenters. The number of hydrogen-bond donors (Lipinski definition) is 1. The number of ether oxygens (including phenoxy) is 1. The van der Waals surface area contributed by atoms with Crippen LogP contribution in [-0.2, 0) is 0 Å². The molecule has 1 aromatic carbocycles. The number of nitrogens with two attached hydrogens (primary N) is 1. The minimum atomic E-state index is 0.176. The average Bonchev–Trinajstić information content (AvgIpc) is 2.92. The quantitative estimate of drug-likeness (QED) is 0.516. The molecule has 0 spiro atoms. The number of alkyl halides is 1. The number of aromatic nitrogens is 3. The van der Waals surface area contributed by atoms with Crippen molar-refractivity contribution in [1.29, 1.82) is 0 Å². The number of aliphatic imine (C=N–C) groups is 1. The lowest BCUT2D eigenvalue weighted by molar-refractivity contribution is 0.414. The first kappa shape index (κ1) is 12.4. The van der Waals surface area contributed by atoms with Gasteiger partial charge < -0.3 is 10.5 Å². The number of benzene rings is 1. The van der Waals surface area contributed by atoms with Gasteiger partial charge in [-0.1, -0.05) is 0 Å². The summed E-state index contributed by atoms with van der Waals surface area (Å²) in [4.78, 5) is 8.07. The van der Waals surface area contributed by atoms with Crippen molar-refractivity contribution in [3.8, 4) is 11.4 Å². The Morgan fingerprint density at radius 1 is 1.50 bits per heavy atom. The first-order valence-corrected chi connectivity index (χ1v) is 5.69. The predicted octanol–water partition coefficient (Wildman–Crippen LogP) is 1.50. The zero-order chi connectivity index (χ0) is 13.0. The molecule has 94 valence electrons. The van der Waals surface area contributed by atoms with E-state index in [9.17, 15) is 0 Å². The molecule has 0 saturated carbocycles. The van der Waals surface area contributed by atoms with Gasteiger partial charge in [-0.2, -0.15) is 5.10 Å². The third kappa shape index (κ3) is 2.78. The van der Waals surface area contributed by atoms with E-state index in [1.165, 1.54) is 6.33 Å². The van der Waals surface area contributed by atoms with E-state index in [0.717, 1.165) is 5.69 Å². The molecule has 1 aromatic heterocycles. The number of hydrogen-bond acceptors (Lipinski definition) is 4. The maximum Gasteiger partial charge on any atom is 0.138 e. The van der Waals surface area contributed by atoms with Gasteiger partial charge in [-0.05, 0) is 6.07 Å². The van der Waals surface area contributed by atoms with E-state index >= 15 is 0 Å². The molecule has 0 saturated heterocycles. The van der Waals surface area contributed by atoms with Gasteiger partial charge in [-0.25, -0.2) is 14.7 Å². The van der Waals surface area contributed by atoms with Crippen molar-refractivity contribution in [2.45, 2.75) is 0 Å². The summed E-state index contributed by atoms with van der Waals surface area (Å²) in [5.41, 5.74) is 7.04. The minimum Gasteiger partial charge on any atom is -0.497 e. The van der Waals surface area contributed by atoms with Crippen molar-refractivity contribution in [2.24, 2.45) is 10.7 Å². The van der Waals surface area contributed by atoms with Crippen LogP contribution in [-0.4, -0.2) is 33.6 Å². The van der Waals surface area contributed by atoms with Gasteiger partial charge in [0.25, 0.3) is 0 Å². The van der Waals surface area contributed by atoms with Crippen LogP contribution in [0, 0.1) is 0 Å². The Hall–Kier alpha value is -2.08. The summed E-state index contributed by atoms with van der Waals surface area (Å²) in [5.74, 6) is 1.18. The Balaban J connectivity index is 2.46. The van der Waals surface area contributed by atoms with E-state index in [-0.39, 0.29) is 5.88 Å². The van der Waals surface area contributed by atoms with Crippen LogP contribution in [0.4, 0.5) is 5.69 Å². The normalized spacial score (nSPS) is 11.6. The third-order valence-electron chi connectivity index (χ3n) is 2.20. The van der Waals surface area contributed by atoms with Crippen LogP contribution in [0.2, 0.25) is 0 Å². The monoisotopic (exact) mass is 265 g/mol. The van der Waals surface area contributed by atoms with Crippen molar-refractivity contribution in [1.82, 2.24) is 14.8 Å². The lowest BCUT2D eigenvalue weighted by atomic mass is 10.2. The molecule has 0 unspecified atom stereocenters. The van der Waals surface area contributed by atoms with Gasteiger partial charge in [0.1, 0.15) is 24.2 Å². The summed E-state index contributed by atoms with van der Waals surface area (Å²) < 4.78 is 6.81. The second kappa shape index (κ2) is 5.50. The van der Waals surface area contributed by atoms with E-state index < -0.39 is 0 Å². The summed E-state index contributed by atoms with van der Waals surface area (Å²) >= 11 is 5.60. The summed E-state index contributed by atoms with van der Waals surface area (Å²) in [6, 6.07) is 5.40. The summed E-state index contributed by atoms with van der Waals surface area (Å²) in [6.45, 7) is 0. The second-order valence-corrected chi connectivity index (χ2v) is 3.73. The zero-order valence-corrected chi connectivity index (χ0v) is 10.5. The molecule has 0 radical (unpaired) electrons. The molecule has 2 N–H and O–H groups in total. The topological polar surface area (TPSA) is 78.3 Å². The summed E-state index contributed by atoms with van der Waals surface area (Å²) in [6.07, 6.45) is 3.04. The Morgan fingerprint density at radius 2 is 2.33 bits per heavy atom. The van der Waals surface area contributed by atoms with E-state index in [2.05, 4.69) is 15.1 Å². The molecule has 7 heteroatoms. The van der Waals surface area contributed by atoms with Crippen molar-refractivity contribution < 1.29 is 4.74 Å². The van der Waals surface area contributed by atoms with Crippen LogP contribution in [0.1, 0.15) is 0 Å². The predicted molar refractivity (Wildman–Crippen MR) is 69.9 cm³/mol. The SMILES string of the molecule is COc1cc(N=C(N)CCl)cc(-n2cncn2)c1. The molecular formula is C11H12ClN5O. The molecule has 0 fully saturated rings. The van der Waals surface area contributed by atoms with E-state index in [0.29, 0.717) is 17.3 Å². The Morgan fingerprint density at radius 3 is 2.94 bits per heavy atom. The largest absolute Gasteiger partial charge is 0.497 e. The molecule has 0 amide bonds. The average molecular weight is 266 g/mol. The van der Waals surface area contributed by atoms with Crippen molar-refractivity contribution in [3.05, 3.63) is 30.9 Å². The number of amidine groups is 1. The highest BCUT2D eigenvalue weighted by Crippen LogP contribution is 2.25.